The molecule has 0 aliphatic carbocycles. The van der Waals surface area contributed by atoms with Crippen molar-refractivity contribution >= 4 is 17.9 Å². The molecule has 1 aromatic heterocycles. The van der Waals surface area contributed by atoms with Crippen LogP contribution in [0.3, 0.4) is 0 Å². The van der Waals surface area contributed by atoms with E-state index in [9.17, 15) is 36.2 Å². The molecule has 3 atom stereocenters. The van der Waals surface area contributed by atoms with E-state index in [0.29, 0.717) is 12.5 Å². The fourth-order valence-corrected chi connectivity index (χ4v) is 4.98. The van der Waals surface area contributed by atoms with E-state index in [-0.39, 0.29) is 5.92 Å². The topological polar surface area (TPSA) is 141 Å². The Hall–Kier alpha value is -2.85. The number of carboxylic acids is 3. The van der Waals surface area contributed by atoms with Crippen molar-refractivity contribution < 1.29 is 65.2 Å². The molecule has 0 spiro atoms. The molecule has 4 heterocycles. The first-order chi connectivity index (χ1) is 18.0. The predicted molar refractivity (Wildman–Crippen MR) is 120 cm³/mol. The average Bonchev–Trinajstić information content (AvgIpc) is 3.55. The third kappa shape index (κ3) is 9.69. The van der Waals surface area contributed by atoms with Crippen LogP contribution in [-0.4, -0.2) is 101 Å². The first-order valence-corrected chi connectivity index (χ1v) is 11.9. The van der Waals surface area contributed by atoms with Crippen LogP contribution in [0.25, 0.3) is 0 Å². The molecule has 0 aromatic carbocycles. The highest BCUT2D eigenvalue weighted by Crippen LogP contribution is 2.43. The Morgan fingerprint density at radius 2 is 1.59 bits per heavy atom. The summed E-state index contributed by atoms with van der Waals surface area (Å²) in [6.45, 7) is 6.98. The van der Waals surface area contributed by atoms with Crippen LogP contribution in [0.15, 0.2) is 23.0 Å². The van der Waals surface area contributed by atoms with Crippen molar-refractivity contribution in [1.82, 2.24) is 9.80 Å². The molecule has 3 saturated heterocycles. The van der Waals surface area contributed by atoms with Gasteiger partial charge in [-0.1, -0.05) is 0 Å². The normalized spacial score (nSPS) is 25.9. The molecule has 3 N–H and O–H groups in total. The van der Waals surface area contributed by atoms with Crippen LogP contribution in [0.4, 0.5) is 26.3 Å². The van der Waals surface area contributed by atoms with Gasteiger partial charge < -0.3 is 29.4 Å². The number of rotatable bonds is 5. The fraction of sp³-hybridized carbons (Fsp3) is 0.696. The van der Waals surface area contributed by atoms with E-state index in [0.717, 1.165) is 70.8 Å². The molecular formula is C23H30F6N2O8. The third-order valence-corrected chi connectivity index (χ3v) is 6.78. The largest absolute Gasteiger partial charge is 0.490 e. The minimum atomic E-state index is -5.08. The number of aliphatic carboxylic acids is 3. The van der Waals surface area contributed by atoms with Crippen molar-refractivity contribution in [3.05, 3.63) is 24.2 Å². The van der Waals surface area contributed by atoms with Gasteiger partial charge in [0.2, 0.25) is 0 Å². The highest BCUT2D eigenvalue weighted by Gasteiger charge is 2.53. The maximum absolute atomic E-state index is 12.2. The van der Waals surface area contributed by atoms with E-state index in [1.54, 1.807) is 12.5 Å². The van der Waals surface area contributed by atoms with Crippen LogP contribution >= 0.6 is 0 Å². The quantitative estimate of drug-likeness (QED) is 0.448. The molecule has 4 rings (SSSR count). The summed E-state index contributed by atoms with van der Waals surface area (Å²) in [5.41, 5.74) is 0.530. The molecule has 0 saturated carbocycles. The van der Waals surface area contributed by atoms with Crippen LogP contribution in [0.2, 0.25) is 0 Å². The van der Waals surface area contributed by atoms with Gasteiger partial charge in [-0.2, -0.15) is 26.3 Å². The van der Waals surface area contributed by atoms with Crippen LogP contribution < -0.4 is 0 Å². The van der Waals surface area contributed by atoms with E-state index < -0.39 is 35.7 Å². The number of likely N-dealkylation sites (tertiary alicyclic amines) is 2. The Morgan fingerprint density at radius 1 is 1.00 bits per heavy atom. The monoisotopic (exact) mass is 576 g/mol. The van der Waals surface area contributed by atoms with Crippen molar-refractivity contribution in [2.75, 3.05) is 45.9 Å². The zero-order valence-electron chi connectivity index (χ0n) is 20.7. The summed E-state index contributed by atoms with van der Waals surface area (Å²) in [7, 11) is 0. The van der Waals surface area contributed by atoms with Crippen LogP contribution in [0.5, 0.6) is 0 Å². The summed E-state index contributed by atoms with van der Waals surface area (Å²) in [5.74, 6) is -5.32. The SMILES string of the molecule is O=C(O)C(F)(F)F.O=C(O)C(F)(F)F.O=C(O)[C@]12CCCN(CC3CCOC3)C[C@H]1CN(Cc1ccoc1)C2. The van der Waals surface area contributed by atoms with E-state index in [4.69, 9.17) is 29.0 Å². The Balaban J connectivity index is 0.000000317. The van der Waals surface area contributed by atoms with Gasteiger partial charge in [0.15, 0.2) is 0 Å². The van der Waals surface area contributed by atoms with Gasteiger partial charge in [0, 0.05) is 50.8 Å². The van der Waals surface area contributed by atoms with Gasteiger partial charge in [0.25, 0.3) is 0 Å². The van der Waals surface area contributed by atoms with Gasteiger partial charge in [-0.25, -0.2) is 9.59 Å². The standard InChI is InChI=1S/C19H28N2O4.2C2HF3O2/c22-18(23)19-4-1-5-20(8-15-2-6-24-12-15)10-17(19)11-21(14-19)9-16-3-7-25-13-16;2*3-2(4,5)1(6)7/h3,7,13,15,17H,1-2,4-6,8-12,14H2,(H,22,23);2*(H,6,7)/t15?,17-,19-;;/m0../s1. The molecule has 10 nitrogen and oxygen atoms in total. The maximum atomic E-state index is 12.2. The van der Waals surface area contributed by atoms with Crippen molar-refractivity contribution in [2.45, 2.75) is 38.2 Å². The van der Waals surface area contributed by atoms with Gasteiger partial charge >= 0.3 is 30.3 Å². The van der Waals surface area contributed by atoms with E-state index in [1.807, 2.05) is 6.07 Å². The van der Waals surface area contributed by atoms with Gasteiger partial charge in [-0.3, -0.25) is 9.69 Å². The predicted octanol–water partition coefficient (Wildman–Crippen LogP) is 3.18. The van der Waals surface area contributed by atoms with Crippen LogP contribution in [-0.2, 0) is 25.7 Å². The molecule has 0 amide bonds. The zero-order chi connectivity index (χ0) is 29.4. The molecule has 3 fully saturated rings. The van der Waals surface area contributed by atoms with Gasteiger partial charge in [-0.15, -0.1) is 0 Å². The zero-order valence-corrected chi connectivity index (χ0v) is 20.7. The summed E-state index contributed by atoms with van der Waals surface area (Å²) in [6.07, 6.45) is -3.84. The highest BCUT2D eigenvalue weighted by molar-refractivity contribution is 5.76. The average molecular weight is 576 g/mol. The number of hydrogen-bond acceptors (Lipinski definition) is 7. The van der Waals surface area contributed by atoms with E-state index in [1.165, 1.54) is 0 Å². The molecule has 16 heteroatoms. The minimum Gasteiger partial charge on any atom is -0.481 e. The Labute approximate surface area is 219 Å². The second-order valence-corrected chi connectivity index (χ2v) is 9.66. The number of ether oxygens (including phenoxy) is 1. The Kier molecular flexibility index (Phi) is 11.2. The molecule has 1 aromatic rings. The number of carboxylic acid groups (broad SMARTS) is 3. The van der Waals surface area contributed by atoms with Crippen LogP contribution in [0, 0.1) is 17.3 Å². The summed E-state index contributed by atoms with van der Waals surface area (Å²) in [5, 5.41) is 24.3. The van der Waals surface area contributed by atoms with Crippen molar-refractivity contribution in [1.29, 1.82) is 0 Å². The Morgan fingerprint density at radius 3 is 2.05 bits per heavy atom. The molecule has 0 radical (unpaired) electrons. The highest BCUT2D eigenvalue weighted by atomic mass is 19.4. The molecule has 222 valence electrons. The Bertz CT molecular complexity index is 925. The summed E-state index contributed by atoms with van der Waals surface area (Å²) < 4.78 is 74.1. The molecule has 0 bridgehead atoms. The number of carbonyl (C=O) groups is 3. The summed E-state index contributed by atoms with van der Waals surface area (Å²) in [4.78, 5) is 34.8. The number of halogens is 6. The fourth-order valence-electron chi connectivity index (χ4n) is 4.98. The number of hydrogen-bond donors (Lipinski definition) is 3. The molecule has 1 unspecified atom stereocenters. The second-order valence-electron chi connectivity index (χ2n) is 9.66. The van der Waals surface area contributed by atoms with Crippen molar-refractivity contribution in [3.8, 4) is 0 Å². The molecule has 3 aliphatic rings. The molecule has 3 aliphatic heterocycles. The lowest BCUT2D eigenvalue weighted by Gasteiger charge is -2.30. The lowest BCUT2D eigenvalue weighted by atomic mass is 9.75. The van der Waals surface area contributed by atoms with Crippen molar-refractivity contribution in [2.24, 2.45) is 17.3 Å². The van der Waals surface area contributed by atoms with Gasteiger partial charge in [0.1, 0.15) is 0 Å². The van der Waals surface area contributed by atoms with Gasteiger partial charge in [0.05, 0.1) is 24.5 Å². The smallest absolute Gasteiger partial charge is 0.481 e. The summed E-state index contributed by atoms with van der Waals surface area (Å²) >= 11 is 0. The van der Waals surface area contributed by atoms with Gasteiger partial charge in [-0.05, 0) is 37.8 Å². The first kappa shape index (κ1) is 32.4. The number of furan rings is 1. The third-order valence-electron chi connectivity index (χ3n) is 6.78. The minimum absolute atomic E-state index is 0.196. The van der Waals surface area contributed by atoms with E-state index in [2.05, 4.69) is 9.80 Å². The summed E-state index contributed by atoms with van der Waals surface area (Å²) in [6, 6.07) is 1.97. The molecule has 39 heavy (non-hydrogen) atoms. The molecular weight excluding hydrogens is 546 g/mol. The van der Waals surface area contributed by atoms with Crippen LogP contribution in [0.1, 0.15) is 24.8 Å². The number of fused-ring (bicyclic) bond motifs is 1. The van der Waals surface area contributed by atoms with E-state index >= 15 is 0 Å². The lowest BCUT2D eigenvalue weighted by molar-refractivity contribution is -0.193. The maximum Gasteiger partial charge on any atom is 0.490 e. The second kappa shape index (κ2) is 13.5. The number of nitrogens with zero attached hydrogens (tertiary/aromatic N) is 2. The first-order valence-electron chi connectivity index (χ1n) is 11.9. The number of alkyl halides is 6. The lowest BCUT2D eigenvalue weighted by Crippen LogP contribution is -2.42. The van der Waals surface area contributed by atoms with Crippen molar-refractivity contribution in [3.63, 3.8) is 0 Å².